The summed E-state index contributed by atoms with van der Waals surface area (Å²) in [6.07, 6.45) is 7.45. The first-order chi connectivity index (χ1) is 15.0. The number of rotatable bonds is 7. The topological polar surface area (TPSA) is 66.5 Å². The fourth-order valence-electron chi connectivity index (χ4n) is 4.65. The molecule has 5 nitrogen and oxygen atoms in total. The van der Waals surface area contributed by atoms with E-state index in [2.05, 4.69) is 30.4 Å². The van der Waals surface area contributed by atoms with Gasteiger partial charge in [-0.25, -0.2) is 12.7 Å². The first-order valence-corrected chi connectivity index (χ1v) is 13.1. The summed E-state index contributed by atoms with van der Waals surface area (Å²) >= 11 is 0. The third-order valence-corrected chi connectivity index (χ3v) is 8.36. The van der Waals surface area contributed by atoms with Crippen LogP contribution in [0.2, 0.25) is 0 Å². The molecule has 0 saturated carbocycles. The number of amides is 1. The van der Waals surface area contributed by atoms with Gasteiger partial charge < -0.3 is 5.32 Å². The fourth-order valence-corrected chi connectivity index (χ4v) is 6.26. The summed E-state index contributed by atoms with van der Waals surface area (Å²) in [4.78, 5) is 12.8. The molecule has 1 heterocycles. The maximum absolute atomic E-state index is 12.8. The van der Waals surface area contributed by atoms with Crippen molar-refractivity contribution in [2.45, 2.75) is 63.7 Å². The lowest BCUT2D eigenvalue weighted by molar-refractivity contribution is 0.0935. The van der Waals surface area contributed by atoms with E-state index in [0.29, 0.717) is 24.2 Å². The van der Waals surface area contributed by atoms with Crippen molar-refractivity contribution in [1.82, 2.24) is 9.62 Å². The number of carbonyl (C=O) groups is 1. The van der Waals surface area contributed by atoms with E-state index in [4.69, 9.17) is 0 Å². The molecule has 1 atom stereocenters. The van der Waals surface area contributed by atoms with Crippen molar-refractivity contribution in [1.29, 1.82) is 0 Å². The Morgan fingerprint density at radius 1 is 0.968 bits per heavy atom. The van der Waals surface area contributed by atoms with Crippen LogP contribution in [0.3, 0.4) is 0 Å². The van der Waals surface area contributed by atoms with Crippen LogP contribution in [0.15, 0.2) is 42.5 Å². The fraction of sp³-hybridized carbons (Fsp3) is 0.480. The van der Waals surface area contributed by atoms with Crippen molar-refractivity contribution in [2.75, 3.05) is 13.1 Å². The number of aryl methyl sites for hydroxylation is 2. The van der Waals surface area contributed by atoms with Gasteiger partial charge in [-0.3, -0.25) is 4.79 Å². The zero-order valence-electron chi connectivity index (χ0n) is 18.3. The lowest BCUT2D eigenvalue weighted by Crippen LogP contribution is -2.29. The van der Waals surface area contributed by atoms with E-state index >= 15 is 0 Å². The lowest BCUT2D eigenvalue weighted by Gasteiger charge is -2.22. The molecule has 1 fully saturated rings. The summed E-state index contributed by atoms with van der Waals surface area (Å²) in [6.45, 7) is 3.31. The second-order valence-corrected chi connectivity index (χ2v) is 10.7. The third-order valence-electron chi connectivity index (χ3n) is 6.51. The van der Waals surface area contributed by atoms with Crippen LogP contribution in [0, 0.1) is 0 Å². The Morgan fingerprint density at radius 2 is 1.65 bits per heavy atom. The predicted molar refractivity (Wildman–Crippen MR) is 123 cm³/mol. The molecule has 2 aromatic carbocycles. The molecule has 2 aliphatic rings. The normalized spacial score (nSPS) is 17.8. The molecular formula is C25H32N2O3S. The highest BCUT2D eigenvalue weighted by Gasteiger charge is 2.25. The van der Waals surface area contributed by atoms with Crippen molar-refractivity contribution < 1.29 is 13.2 Å². The van der Waals surface area contributed by atoms with E-state index in [1.807, 2.05) is 0 Å². The number of nitrogens with zero attached hydrogens (tertiary/aromatic N) is 1. The van der Waals surface area contributed by atoms with Gasteiger partial charge in [0.15, 0.2) is 0 Å². The van der Waals surface area contributed by atoms with Gasteiger partial charge in [0.2, 0.25) is 10.0 Å². The van der Waals surface area contributed by atoms with Crippen LogP contribution in [0.4, 0.5) is 0 Å². The highest BCUT2D eigenvalue weighted by molar-refractivity contribution is 7.88. The molecule has 0 spiro atoms. The summed E-state index contributed by atoms with van der Waals surface area (Å²) in [5.74, 6) is -0.139. The van der Waals surface area contributed by atoms with Gasteiger partial charge >= 0.3 is 0 Å². The van der Waals surface area contributed by atoms with Gasteiger partial charge in [-0.05, 0) is 79.3 Å². The summed E-state index contributed by atoms with van der Waals surface area (Å²) in [6, 6.07) is 13.5. The van der Waals surface area contributed by atoms with Gasteiger partial charge in [-0.2, -0.15) is 0 Å². The monoisotopic (exact) mass is 440 g/mol. The molecule has 1 amide bonds. The van der Waals surface area contributed by atoms with Gasteiger partial charge in [0.05, 0.1) is 11.8 Å². The summed E-state index contributed by atoms with van der Waals surface area (Å²) in [5, 5.41) is 3.15. The second kappa shape index (κ2) is 9.53. The molecule has 1 aliphatic heterocycles. The van der Waals surface area contributed by atoms with Crippen LogP contribution in [-0.2, 0) is 28.6 Å². The molecule has 6 heteroatoms. The SMILES string of the molecule is CC[C@H](NC(=O)c1ccc(CS(=O)(=O)N2CCCC2)cc1)c1ccc2c(c1)CCCC2. The van der Waals surface area contributed by atoms with Crippen molar-refractivity contribution in [3.05, 3.63) is 70.3 Å². The van der Waals surface area contributed by atoms with Crippen LogP contribution in [-0.4, -0.2) is 31.7 Å². The van der Waals surface area contributed by atoms with Gasteiger partial charge in [-0.1, -0.05) is 37.3 Å². The number of fused-ring (bicyclic) bond motifs is 1. The van der Waals surface area contributed by atoms with Crippen LogP contribution in [0.5, 0.6) is 0 Å². The molecule has 0 aromatic heterocycles. The molecule has 0 bridgehead atoms. The molecule has 1 N–H and O–H groups in total. The van der Waals surface area contributed by atoms with Gasteiger partial charge in [0.1, 0.15) is 0 Å². The molecule has 166 valence electrons. The Morgan fingerprint density at radius 3 is 2.32 bits per heavy atom. The quantitative estimate of drug-likeness (QED) is 0.695. The zero-order chi connectivity index (χ0) is 21.8. The summed E-state index contributed by atoms with van der Waals surface area (Å²) in [5.41, 5.74) is 5.28. The molecule has 4 rings (SSSR count). The molecule has 0 radical (unpaired) electrons. The molecular weight excluding hydrogens is 408 g/mol. The van der Waals surface area contributed by atoms with E-state index in [-0.39, 0.29) is 17.7 Å². The minimum Gasteiger partial charge on any atom is -0.345 e. The molecule has 1 aliphatic carbocycles. The molecule has 0 unspecified atom stereocenters. The number of nitrogens with one attached hydrogen (secondary N) is 1. The lowest BCUT2D eigenvalue weighted by atomic mass is 9.88. The highest BCUT2D eigenvalue weighted by atomic mass is 32.2. The average Bonchev–Trinajstić information content (AvgIpc) is 3.33. The Kier molecular flexibility index (Phi) is 6.77. The molecule has 2 aromatic rings. The van der Waals surface area contributed by atoms with Gasteiger partial charge in [0.25, 0.3) is 5.91 Å². The van der Waals surface area contributed by atoms with Gasteiger partial charge in [0, 0.05) is 18.7 Å². The van der Waals surface area contributed by atoms with Crippen molar-refractivity contribution in [3.63, 3.8) is 0 Å². The van der Waals surface area contributed by atoms with Crippen LogP contribution < -0.4 is 5.32 Å². The maximum atomic E-state index is 12.8. The van der Waals surface area contributed by atoms with Crippen molar-refractivity contribution in [3.8, 4) is 0 Å². The van der Waals surface area contributed by atoms with Crippen LogP contribution >= 0.6 is 0 Å². The Balaban J connectivity index is 1.41. The Bertz CT molecular complexity index is 1030. The molecule has 31 heavy (non-hydrogen) atoms. The smallest absolute Gasteiger partial charge is 0.251 e. The largest absolute Gasteiger partial charge is 0.345 e. The minimum absolute atomic E-state index is 0.0123. The van der Waals surface area contributed by atoms with Crippen LogP contribution in [0.25, 0.3) is 0 Å². The minimum atomic E-state index is -3.28. The first kappa shape index (κ1) is 22.0. The molecule has 1 saturated heterocycles. The van der Waals surface area contributed by atoms with E-state index in [9.17, 15) is 13.2 Å². The number of benzene rings is 2. The maximum Gasteiger partial charge on any atom is 0.251 e. The van der Waals surface area contributed by atoms with E-state index in [0.717, 1.165) is 37.7 Å². The second-order valence-electron chi connectivity index (χ2n) is 8.73. The van der Waals surface area contributed by atoms with E-state index in [1.54, 1.807) is 28.6 Å². The number of carbonyl (C=O) groups excluding carboxylic acids is 1. The standard InChI is InChI=1S/C25H32N2O3S/c1-2-24(23-14-13-20-7-3-4-8-22(20)17-23)26-25(28)21-11-9-19(10-12-21)18-31(29,30)27-15-5-6-16-27/h9-14,17,24H,2-8,15-16,18H2,1H3,(H,26,28)/t24-/m0/s1. The number of hydrogen-bond acceptors (Lipinski definition) is 3. The average molecular weight is 441 g/mol. The number of sulfonamides is 1. The van der Waals surface area contributed by atoms with Crippen LogP contribution in [0.1, 0.15) is 77.7 Å². The first-order valence-electron chi connectivity index (χ1n) is 11.5. The van der Waals surface area contributed by atoms with Crippen molar-refractivity contribution >= 4 is 15.9 Å². The zero-order valence-corrected chi connectivity index (χ0v) is 19.1. The van der Waals surface area contributed by atoms with Crippen molar-refractivity contribution in [2.24, 2.45) is 0 Å². The van der Waals surface area contributed by atoms with E-state index in [1.165, 1.54) is 24.0 Å². The third kappa shape index (κ3) is 5.18. The summed E-state index contributed by atoms with van der Waals surface area (Å²) < 4.78 is 26.6. The highest BCUT2D eigenvalue weighted by Crippen LogP contribution is 2.26. The predicted octanol–water partition coefficient (Wildman–Crippen LogP) is 4.37. The Labute approximate surface area is 185 Å². The van der Waals surface area contributed by atoms with E-state index < -0.39 is 10.0 Å². The van der Waals surface area contributed by atoms with Gasteiger partial charge in [-0.15, -0.1) is 0 Å². The summed E-state index contributed by atoms with van der Waals surface area (Å²) in [7, 11) is -3.28. The Hall–Kier alpha value is -2.18. The number of hydrogen-bond donors (Lipinski definition) is 1.